The number of ether oxygens (including phenoxy) is 2. The number of benzene rings is 1. The van der Waals surface area contributed by atoms with Gasteiger partial charge in [-0.15, -0.1) is 0 Å². The molecule has 1 aromatic carbocycles. The first-order valence-corrected chi connectivity index (χ1v) is 14.7. The molecule has 3 N–H and O–H groups in total. The Balaban J connectivity index is 1.25. The van der Waals surface area contributed by atoms with Crippen molar-refractivity contribution < 1.29 is 28.2 Å². The van der Waals surface area contributed by atoms with Crippen LogP contribution in [-0.2, 0) is 25.5 Å². The monoisotopic (exact) mass is 558 g/mol. The zero-order chi connectivity index (χ0) is 28.6. The van der Waals surface area contributed by atoms with Crippen LogP contribution >= 0.6 is 0 Å². The Labute approximate surface area is 235 Å². The highest BCUT2D eigenvalue weighted by atomic mass is 19.1. The second-order valence-corrected chi connectivity index (χ2v) is 12.9. The molecule has 4 fully saturated rings. The number of nitrogens with two attached hydrogens (primary N) is 1. The van der Waals surface area contributed by atoms with Gasteiger partial charge in [0.25, 0.3) is 0 Å². The summed E-state index contributed by atoms with van der Waals surface area (Å²) in [6.07, 6.45) is 4.88. The van der Waals surface area contributed by atoms with Crippen LogP contribution in [0.1, 0.15) is 76.3 Å². The standard InChI is InChI=1S/C30H43FN4O5/c1-30(2,3)40-29(38)35-22-9-8-20(13-22)26(35)28(37)33-25(27(32)36)15-19-7-6-18(14-24(19)31)21-5-4-11-34(16-21)23-10-12-39-17-23/h6-7,14,20-23,25-26H,4-5,8-13,15-17H2,1-3H3,(H2,32,36)(H,33,37)/t20?,21?,22?,23?,25-,26?/m0/s1. The first kappa shape index (κ1) is 28.8. The molecule has 5 unspecified atom stereocenters. The number of amides is 3. The lowest BCUT2D eigenvalue weighted by atomic mass is 9.88. The van der Waals surface area contributed by atoms with Gasteiger partial charge in [-0.2, -0.15) is 0 Å². The van der Waals surface area contributed by atoms with Crippen molar-refractivity contribution in [3.05, 3.63) is 35.1 Å². The molecule has 3 aliphatic heterocycles. The van der Waals surface area contributed by atoms with Gasteiger partial charge in [-0.25, -0.2) is 9.18 Å². The SMILES string of the molecule is CC(C)(C)OC(=O)N1C2CCC(C2)C1C(=O)N[C@@H](Cc1ccc(C2CCCN(C3CCOC3)C2)cc1F)C(N)=O. The van der Waals surface area contributed by atoms with Crippen LogP contribution in [0.4, 0.5) is 9.18 Å². The van der Waals surface area contributed by atoms with E-state index in [0.717, 1.165) is 70.4 Å². The predicted molar refractivity (Wildman–Crippen MR) is 147 cm³/mol. The summed E-state index contributed by atoms with van der Waals surface area (Å²) in [4.78, 5) is 42.7. The van der Waals surface area contributed by atoms with Crippen LogP contribution in [0.15, 0.2) is 18.2 Å². The van der Waals surface area contributed by atoms with Crippen LogP contribution in [0.25, 0.3) is 0 Å². The van der Waals surface area contributed by atoms with Crippen molar-refractivity contribution in [2.45, 2.75) is 101 Å². The van der Waals surface area contributed by atoms with Crippen LogP contribution < -0.4 is 11.1 Å². The molecule has 40 heavy (non-hydrogen) atoms. The molecule has 1 aliphatic carbocycles. The predicted octanol–water partition coefficient (Wildman–Crippen LogP) is 3.09. The van der Waals surface area contributed by atoms with Gasteiger partial charge in [0.05, 0.1) is 6.61 Å². The minimum atomic E-state index is -1.10. The second kappa shape index (κ2) is 11.6. The topological polar surface area (TPSA) is 114 Å². The number of nitrogens with one attached hydrogen (secondary N) is 1. The van der Waals surface area contributed by atoms with Gasteiger partial charge in [-0.1, -0.05) is 12.1 Å². The zero-order valence-electron chi connectivity index (χ0n) is 23.9. The lowest BCUT2D eigenvalue weighted by molar-refractivity contribution is -0.132. The number of carbonyl (C=O) groups excluding carboxylic acids is 3. The molecule has 3 saturated heterocycles. The third-order valence-corrected chi connectivity index (χ3v) is 8.97. The summed E-state index contributed by atoms with van der Waals surface area (Å²) in [5, 5.41) is 2.73. The maximum atomic E-state index is 15.3. The van der Waals surface area contributed by atoms with E-state index >= 15 is 4.39 Å². The molecule has 3 heterocycles. The van der Waals surface area contributed by atoms with E-state index in [1.807, 2.05) is 6.07 Å². The Morgan fingerprint density at radius 1 is 1.18 bits per heavy atom. The minimum absolute atomic E-state index is 0.00656. The van der Waals surface area contributed by atoms with E-state index in [-0.39, 0.29) is 24.3 Å². The Morgan fingerprint density at radius 2 is 1.98 bits per heavy atom. The number of hydrogen-bond acceptors (Lipinski definition) is 6. The number of halogens is 1. The Kier molecular flexibility index (Phi) is 8.38. The first-order chi connectivity index (χ1) is 19.0. The van der Waals surface area contributed by atoms with E-state index < -0.39 is 41.4 Å². The normalized spacial score (nSPS) is 29.4. The smallest absolute Gasteiger partial charge is 0.411 e. The van der Waals surface area contributed by atoms with E-state index in [1.165, 1.54) is 4.90 Å². The average Bonchev–Trinajstić information content (AvgIpc) is 3.66. The lowest BCUT2D eigenvalue weighted by Crippen LogP contribution is -2.57. The fraction of sp³-hybridized carbons (Fsp3) is 0.700. The van der Waals surface area contributed by atoms with Crippen LogP contribution in [-0.4, -0.2) is 83.8 Å². The first-order valence-electron chi connectivity index (χ1n) is 14.7. The van der Waals surface area contributed by atoms with Gasteiger partial charge in [0, 0.05) is 31.7 Å². The van der Waals surface area contributed by atoms with E-state index in [9.17, 15) is 14.4 Å². The van der Waals surface area contributed by atoms with Gasteiger partial charge < -0.3 is 20.5 Å². The van der Waals surface area contributed by atoms with Crippen molar-refractivity contribution in [1.29, 1.82) is 0 Å². The van der Waals surface area contributed by atoms with Crippen LogP contribution in [0, 0.1) is 11.7 Å². The molecule has 5 rings (SSSR count). The molecule has 0 aromatic heterocycles. The number of likely N-dealkylation sites (tertiary alicyclic amines) is 2. The number of piperidine rings is 2. The molecule has 1 aromatic rings. The van der Waals surface area contributed by atoms with Crippen molar-refractivity contribution in [1.82, 2.24) is 15.1 Å². The molecule has 3 amide bonds. The van der Waals surface area contributed by atoms with Crippen molar-refractivity contribution in [3.8, 4) is 0 Å². The lowest BCUT2D eigenvalue weighted by Gasteiger charge is -2.36. The molecular formula is C30H43FN4O5. The fourth-order valence-corrected chi connectivity index (χ4v) is 7.01. The molecule has 220 valence electrons. The molecule has 1 saturated carbocycles. The van der Waals surface area contributed by atoms with Crippen LogP contribution in [0.5, 0.6) is 0 Å². The van der Waals surface area contributed by atoms with Crippen molar-refractivity contribution in [2.24, 2.45) is 11.7 Å². The van der Waals surface area contributed by atoms with Gasteiger partial charge in [-0.3, -0.25) is 19.4 Å². The van der Waals surface area contributed by atoms with Crippen molar-refractivity contribution in [3.63, 3.8) is 0 Å². The maximum absolute atomic E-state index is 15.3. The summed E-state index contributed by atoms with van der Waals surface area (Å²) < 4.78 is 26.5. The maximum Gasteiger partial charge on any atom is 0.411 e. The Hall–Kier alpha value is -2.72. The number of fused-ring (bicyclic) bond motifs is 2. The zero-order valence-corrected chi connectivity index (χ0v) is 23.9. The highest BCUT2D eigenvalue weighted by Crippen LogP contribution is 2.43. The summed E-state index contributed by atoms with van der Waals surface area (Å²) in [7, 11) is 0. The molecule has 6 atom stereocenters. The van der Waals surface area contributed by atoms with Crippen LogP contribution in [0.3, 0.4) is 0 Å². The van der Waals surface area contributed by atoms with E-state index in [4.69, 9.17) is 15.2 Å². The van der Waals surface area contributed by atoms with Gasteiger partial charge in [0.15, 0.2) is 0 Å². The highest BCUT2D eigenvalue weighted by Gasteiger charge is 2.52. The Bertz CT molecular complexity index is 1120. The summed E-state index contributed by atoms with van der Waals surface area (Å²) in [6.45, 7) is 8.83. The highest BCUT2D eigenvalue weighted by molar-refractivity contribution is 5.91. The van der Waals surface area contributed by atoms with Crippen LogP contribution in [0.2, 0.25) is 0 Å². The number of nitrogens with zero attached hydrogens (tertiary/aromatic N) is 2. The number of primary amides is 1. The van der Waals surface area contributed by atoms with E-state index in [1.54, 1.807) is 32.9 Å². The van der Waals surface area contributed by atoms with Gasteiger partial charge >= 0.3 is 6.09 Å². The summed E-state index contributed by atoms with van der Waals surface area (Å²) >= 11 is 0. The molecule has 2 bridgehead atoms. The second-order valence-electron chi connectivity index (χ2n) is 12.9. The molecule has 0 spiro atoms. The van der Waals surface area contributed by atoms with Gasteiger partial charge in [0.1, 0.15) is 23.5 Å². The summed E-state index contributed by atoms with van der Waals surface area (Å²) in [6, 6.07) is 3.74. The fourth-order valence-electron chi connectivity index (χ4n) is 7.01. The molecule has 0 radical (unpaired) electrons. The number of rotatable bonds is 7. The third kappa shape index (κ3) is 6.28. The molecule has 9 nitrogen and oxygen atoms in total. The quantitative estimate of drug-likeness (QED) is 0.532. The van der Waals surface area contributed by atoms with E-state index in [2.05, 4.69) is 10.2 Å². The van der Waals surface area contributed by atoms with Crippen molar-refractivity contribution in [2.75, 3.05) is 26.3 Å². The van der Waals surface area contributed by atoms with Gasteiger partial charge in [-0.05, 0) is 94.9 Å². The summed E-state index contributed by atoms with van der Waals surface area (Å²) in [5.41, 5.74) is 6.23. The summed E-state index contributed by atoms with van der Waals surface area (Å²) in [5.74, 6) is -1.37. The largest absolute Gasteiger partial charge is 0.444 e. The molecule has 10 heteroatoms. The Morgan fingerprint density at radius 3 is 2.65 bits per heavy atom. The minimum Gasteiger partial charge on any atom is -0.444 e. The molecule has 4 aliphatic rings. The average molecular weight is 559 g/mol. The van der Waals surface area contributed by atoms with E-state index in [0.29, 0.717) is 11.6 Å². The molecular weight excluding hydrogens is 515 g/mol. The number of carbonyl (C=O) groups is 3. The van der Waals surface area contributed by atoms with Crippen molar-refractivity contribution >= 4 is 17.9 Å². The van der Waals surface area contributed by atoms with Gasteiger partial charge in [0.2, 0.25) is 11.8 Å². The number of hydrogen-bond donors (Lipinski definition) is 2. The third-order valence-electron chi connectivity index (χ3n) is 8.97.